The Kier molecular flexibility index (Phi) is 4.22. The van der Waals surface area contributed by atoms with Crippen LogP contribution < -0.4 is 5.73 Å². The van der Waals surface area contributed by atoms with Gasteiger partial charge in [0.05, 0.1) is 12.7 Å². The number of anilines is 1. The summed E-state index contributed by atoms with van der Waals surface area (Å²) < 4.78 is 2.02. The number of nitrogens with zero attached hydrogens (tertiary/aromatic N) is 4. The summed E-state index contributed by atoms with van der Waals surface area (Å²) in [6.07, 6.45) is 4.02. The van der Waals surface area contributed by atoms with E-state index in [0.717, 1.165) is 56.1 Å². The van der Waals surface area contributed by atoms with Crippen LogP contribution in [0.2, 0.25) is 0 Å². The highest BCUT2D eigenvalue weighted by Crippen LogP contribution is 2.20. The van der Waals surface area contributed by atoms with Crippen molar-refractivity contribution in [1.29, 1.82) is 0 Å². The quantitative estimate of drug-likeness (QED) is 0.862. The molecule has 1 aromatic heterocycles. The first-order valence-electron chi connectivity index (χ1n) is 7.50. The summed E-state index contributed by atoms with van der Waals surface area (Å²) in [7, 11) is 2.18. The summed E-state index contributed by atoms with van der Waals surface area (Å²) in [5.41, 5.74) is 8.87. The molecule has 1 aromatic carbocycles. The lowest BCUT2D eigenvalue weighted by Gasteiger charge is -2.32. The topological polar surface area (TPSA) is 50.3 Å². The van der Waals surface area contributed by atoms with Crippen molar-refractivity contribution in [2.24, 2.45) is 0 Å². The Labute approximate surface area is 126 Å². The zero-order chi connectivity index (χ0) is 14.7. The number of piperazine rings is 1. The second-order valence-electron chi connectivity index (χ2n) is 5.76. The Bertz CT molecular complexity index is 584. The molecule has 0 radical (unpaired) electrons. The SMILES string of the molecule is CN1CCN(CCn2cc(-c3cccc(N)c3)cn2)CC1. The van der Waals surface area contributed by atoms with Crippen LogP contribution in [0.25, 0.3) is 11.1 Å². The van der Waals surface area contributed by atoms with Crippen molar-refractivity contribution in [2.45, 2.75) is 6.54 Å². The van der Waals surface area contributed by atoms with Gasteiger partial charge in [-0.05, 0) is 24.7 Å². The summed E-state index contributed by atoms with van der Waals surface area (Å²) in [5.74, 6) is 0. The van der Waals surface area contributed by atoms with E-state index in [1.54, 1.807) is 0 Å². The normalized spacial score (nSPS) is 17.2. The predicted molar refractivity (Wildman–Crippen MR) is 86.0 cm³/mol. The maximum Gasteiger partial charge on any atom is 0.0568 e. The molecular weight excluding hydrogens is 262 g/mol. The van der Waals surface area contributed by atoms with Crippen molar-refractivity contribution in [3.05, 3.63) is 36.7 Å². The molecule has 0 saturated carbocycles. The van der Waals surface area contributed by atoms with E-state index in [2.05, 4.69) is 34.2 Å². The zero-order valence-electron chi connectivity index (χ0n) is 12.6. The first-order valence-corrected chi connectivity index (χ1v) is 7.50. The number of hydrogen-bond acceptors (Lipinski definition) is 4. The van der Waals surface area contributed by atoms with E-state index in [-0.39, 0.29) is 0 Å². The largest absolute Gasteiger partial charge is 0.399 e. The molecule has 0 atom stereocenters. The van der Waals surface area contributed by atoms with Crippen LogP contribution >= 0.6 is 0 Å². The van der Waals surface area contributed by atoms with E-state index < -0.39 is 0 Å². The smallest absolute Gasteiger partial charge is 0.0568 e. The third kappa shape index (κ3) is 3.62. The highest BCUT2D eigenvalue weighted by atomic mass is 15.3. The highest BCUT2D eigenvalue weighted by molar-refractivity contribution is 5.65. The molecule has 1 fully saturated rings. The van der Waals surface area contributed by atoms with Gasteiger partial charge in [0.2, 0.25) is 0 Å². The number of likely N-dealkylation sites (N-methyl/N-ethyl adjacent to an activating group) is 1. The van der Waals surface area contributed by atoms with Gasteiger partial charge in [0.1, 0.15) is 0 Å². The van der Waals surface area contributed by atoms with Crippen molar-refractivity contribution >= 4 is 5.69 Å². The number of benzene rings is 1. The molecule has 3 rings (SSSR count). The van der Waals surface area contributed by atoms with Crippen molar-refractivity contribution in [3.8, 4) is 11.1 Å². The Morgan fingerprint density at radius 2 is 1.90 bits per heavy atom. The van der Waals surface area contributed by atoms with Gasteiger partial charge in [0.15, 0.2) is 0 Å². The number of nitrogen functional groups attached to an aromatic ring is 1. The Morgan fingerprint density at radius 3 is 2.67 bits per heavy atom. The molecule has 0 amide bonds. The van der Waals surface area contributed by atoms with Gasteiger partial charge in [-0.25, -0.2) is 0 Å². The standard InChI is InChI=1S/C16H23N5/c1-19-5-7-20(8-6-19)9-10-21-13-15(12-18-21)14-3-2-4-16(17)11-14/h2-4,11-13H,5-10,17H2,1H3. The van der Waals surface area contributed by atoms with Crippen molar-refractivity contribution in [2.75, 3.05) is 45.5 Å². The molecule has 0 aliphatic carbocycles. The Morgan fingerprint density at radius 1 is 1.10 bits per heavy atom. The van der Waals surface area contributed by atoms with Crippen LogP contribution in [-0.4, -0.2) is 59.4 Å². The average molecular weight is 285 g/mol. The number of rotatable bonds is 4. The van der Waals surface area contributed by atoms with Crippen LogP contribution in [0.1, 0.15) is 0 Å². The molecule has 112 valence electrons. The van der Waals surface area contributed by atoms with Crippen LogP contribution in [0.5, 0.6) is 0 Å². The lowest BCUT2D eigenvalue weighted by Crippen LogP contribution is -2.45. The van der Waals surface area contributed by atoms with Gasteiger partial charge in [-0.2, -0.15) is 5.10 Å². The molecule has 21 heavy (non-hydrogen) atoms. The highest BCUT2D eigenvalue weighted by Gasteiger charge is 2.13. The minimum atomic E-state index is 0.790. The van der Waals surface area contributed by atoms with Gasteiger partial charge < -0.3 is 10.6 Å². The van der Waals surface area contributed by atoms with Crippen molar-refractivity contribution in [1.82, 2.24) is 19.6 Å². The average Bonchev–Trinajstić information content (AvgIpc) is 2.96. The minimum Gasteiger partial charge on any atom is -0.399 e. The van der Waals surface area contributed by atoms with E-state index in [1.165, 1.54) is 0 Å². The third-order valence-corrected chi connectivity index (χ3v) is 4.09. The van der Waals surface area contributed by atoms with Gasteiger partial charge in [-0.3, -0.25) is 9.58 Å². The van der Waals surface area contributed by atoms with Crippen LogP contribution in [0.15, 0.2) is 36.7 Å². The minimum absolute atomic E-state index is 0.790. The molecule has 1 aliphatic rings. The van der Waals surface area contributed by atoms with Crippen LogP contribution in [0, 0.1) is 0 Å². The summed E-state index contributed by atoms with van der Waals surface area (Å²) in [6, 6.07) is 7.94. The van der Waals surface area contributed by atoms with E-state index in [1.807, 2.05) is 29.1 Å². The molecule has 0 unspecified atom stereocenters. The molecule has 2 N–H and O–H groups in total. The maximum absolute atomic E-state index is 5.83. The van der Waals surface area contributed by atoms with Gasteiger partial charge in [0.25, 0.3) is 0 Å². The second-order valence-corrected chi connectivity index (χ2v) is 5.76. The van der Waals surface area contributed by atoms with Crippen LogP contribution in [0.3, 0.4) is 0 Å². The molecule has 1 saturated heterocycles. The van der Waals surface area contributed by atoms with Gasteiger partial charge >= 0.3 is 0 Å². The van der Waals surface area contributed by atoms with Gasteiger partial charge in [0, 0.05) is 50.2 Å². The maximum atomic E-state index is 5.83. The number of aromatic nitrogens is 2. The summed E-state index contributed by atoms with van der Waals surface area (Å²) >= 11 is 0. The van der Waals surface area contributed by atoms with Crippen molar-refractivity contribution in [3.63, 3.8) is 0 Å². The zero-order valence-corrected chi connectivity index (χ0v) is 12.6. The van der Waals surface area contributed by atoms with Gasteiger partial charge in [-0.15, -0.1) is 0 Å². The molecular formula is C16H23N5. The molecule has 0 spiro atoms. The monoisotopic (exact) mass is 285 g/mol. The Hall–Kier alpha value is -1.85. The third-order valence-electron chi connectivity index (χ3n) is 4.09. The van der Waals surface area contributed by atoms with E-state index in [9.17, 15) is 0 Å². The lowest BCUT2D eigenvalue weighted by molar-refractivity contribution is 0.149. The predicted octanol–water partition coefficient (Wildman–Crippen LogP) is 1.38. The van der Waals surface area contributed by atoms with E-state index >= 15 is 0 Å². The first kappa shape index (κ1) is 14.1. The molecule has 0 bridgehead atoms. The second kappa shape index (κ2) is 6.28. The molecule has 2 aromatic rings. The first-order chi connectivity index (χ1) is 10.2. The van der Waals surface area contributed by atoms with Crippen LogP contribution in [-0.2, 0) is 6.54 Å². The fraction of sp³-hybridized carbons (Fsp3) is 0.438. The summed E-state index contributed by atoms with van der Waals surface area (Å²) in [5, 5.41) is 4.46. The fourth-order valence-electron chi connectivity index (χ4n) is 2.67. The van der Waals surface area contributed by atoms with Crippen molar-refractivity contribution < 1.29 is 0 Å². The van der Waals surface area contributed by atoms with Gasteiger partial charge in [-0.1, -0.05) is 12.1 Å². The molecule has 5 heteroatoms. The summed E-state index contributed by atoms with van der Waals surface area (Å²) in [6.45, 7) is 6.62. The fourth-order valence-corrected chi connectivity index (χ4v) is 2.67. The molecule has 2 heterocycles. The van der Waals surface area contributed by atoms with E-state index in [4.69, 9.17) is 5.73 Å². The molecule has 1 aliphatic heterocycles. The van der Waals surface area contributed by atoms with E-state index in [0.29, 0.717) is 0 Å². The number of nitrogens with two attached hydrogens (primary N) is 1. The lowest BCUT2D eigenvalue weighted by atomic mass is 10.1. The molecule has 5 nitrogen and oxygen atoms in total. The summed E-state index contributed by atoms with van der Waals surface area (Å²) in [4.78, 5) is 4.88. The number of hydrogen-bond donors (Lipinski definition) is 1. The van der Waals surface area contributed by atoms with Crippen LogP contribution in [0.4, 0.5) is 5.69 Å². The Balaban J connectivity index is 1.58.